The van der Waals surface area contributed by atoms with Gasteiger partial charge in [-0.2, -0.15) is 5.26 Å². The van der Waals surface area contributed by atoms with E-state index in [-0.39, 0.29) is 29.8 Å². The zero-order valence-electron chi connectivity index (χ0n) is 15.1. The van der Waals surface area contributed by atoms with Crippen LogP contribution in [-0.4, -0.2) is 32.8 Å². The number of hydrogen-bond acceptors (Lipinski definition) is 4. The Morgan fingerprint density at radius 3 is 2.63 bits per heavy atom. The van der Waals surface area contributed by atoms with Gasteiger partial charge in [0.1, 0.15) is 0 Å². The SMILES string of the molecule is CN(C(=O)c1ccc(S(=O)(=O)NCCC#N)cc1)C1CCc2ccccc21. The quantitative estimate of drug-likeness (QED) is 0.777. The van der Waals surface area contributed by atoms with Crippen LogP contribution in [0.3, 0.4) is 0 Å². The van der Waals surface area contributed by atoms with Gasteiger partial charge in [-0.1, -0.05) is 24.3 Å². The Morgan fingerprint density at radius 2 is 1.93 bits per heavy atom. The predicted octanol–water partition coefficient (Wildman–Crippen LogP) is 2.64. The van der Waals surface area contributed by atoms with E-state index in [4.69, 9.17) is 5.26 Å². The minimum absolute atomic E-state index is 0.0322. The summed E-state index contributed by atoms with van der Waals surface area (Å²) in [5.74, 6) is -0.141. The fraction of sp³-hybridized carbons (Fsp3) is 0.300. The Bertz CT molecular complexity index is 978. The number of carbonyl (C=O) groups is 1. The van der Waals surface area contributed by atoms with E-state index in [9.17, 15) is 13.2 Å². The molecule has 27 heavy (non-hydrogen) atoms. The lowest BCUT2D eigenvalue weighted by molar-refractivity contribution is 0.0730. The number of nitriles is 1. The molecule has 1 amide bonds. The van der Waals surface area contributed by atoms with Gasteiger partial charge in [-0.25, -0.2) is 13.1 Å². The largest absolute Gasteiger partial charge is 0.335 e. The Hall–Kier alpha value is -2.69. The van der Waals surface area contributed by atoms with Crippen LogP contribution >= 0.6 is 0 Å². The Morgan fingerprint density at radius 1 is 1.22 bits per heavy atom. The molecular weight excluding hydrogens is 362 g/mol. The van der Waals surface area contributed by atoms with Crippen molar-refractivity contribution in [1.29, 1.82) is 5.26 Å². The summed E-state index contributed by atoms with van der Waals surface area (Å²) in [6.45, 7) is 0.0589. The highest BCUT2D eigenvalue weighted by molar-refractivity contribution is 7.89. The summed E-state index contributed by atoms with van der Waals surface area (Å²) >= 11 is 0. The van der Waals surface area contributed by atoms with E-state index in [0.717, 1.165) is 12.8 Å². The molecule has 0 fully saturated rings. The molecule has 7 heteroatoms. The van der Waals surface area contributed by atoms with Crippen LogP contribution in [-0.2, 0) is 16.4 Å². The fourth-order valence-electron chi connectivity index (χ4n) is 3.38. The molecule has 0 radical (unpaired) electrons. The summed E-state index contributed by atoms with van der Waals surface area (Å²) in [6.07, 6.45) is 1.93. The highest BCUT2D eigenvalue weighted by Gasteiger charge is 2.29. The minimum atomic E-state index is -3.68. The number of sulfonamides is 1. The first kappa shape index (κ1) is 19.1. The molecule has 0 bridgehead atoms. The highest BCUT2D eigenvalue weighted by atomic mass is 32.2. The molecule has 1 aliphatic rings. The van der Waals surface area contributed by atoms with Gasteiger partial charge in [0.05, 0.1) is 17.0 Å². The highest BCUT2D eigenvalue weighted by Crippen LogP contribution is 2.35. The predicted molar refractivity (Wildman–Crippen MR) is 101 cm³/mol. The first-order valence-corrected chi connectivity index (χ1v) is 10.2. The Labute approximate surface area is 159 Å². The molecule has 3 rings (SSSR count). The van der Waals surface area contributed by atoms with E-state index in [1.54, 1.807) is 11.9 Å². The number of aryl methyl sites for hydroxylation is 1. The number of nitrogens with one attached hydrogen (secondary N) is 1. The molecule has 1 unspecified atom stereocenters. The lowest BCUT2D eigenvalue weighted by Gasteiger charge is -2.25. The summed E-state index contributed by atoms with van der Waals surface area (Å²) in [4.78, 5) is 14.6. The Balaban J connectivity index is 1.74. The van der Waals surface area contributed by atoms with Gasteiger partial charge in [0.25, 0.3) is 5.91 Å². The van der Waals surface area contributed by atoms with Crippen LogP contribution in [0.5, 0.6) is 0 Å². The number of fused-ring (bicyclic) bond motifs is 1. The van der Waals surface area contributed by atoms with Gasteiger partial charge in [0.15, 0.2) is 0 Å². The van der Waals surface area contributed by atoms with Crippen molar-refractivity contribution in [2.75, 3.05) is 13.6 Å². The zero-order valence-corrected chi connectivity index (χ0v) is 15.9. The minimum Gasteiger partial charge on any atom is -0.335 e. The van der Waals surface area contributed by atoms with Gasteiger partial charge in [-0.05, 0) is 48.2 Å². The summed E-state index contributed by atoms with van der Waals surface area (Å²) in [5.41, 5.74) is 2.89. The van der Waals surface area contributed by atoms with E-state index in [2.05, 4.69) is 16.9 Å². The van der Waals surface area contributed by atoms with Gasteiger partial charge >= 0.3 is 0 Å². The van der Waals surface area contributed by atoms with Crippen LogP contribution in [0, 0.1) is 11.3 Å². The second-order valence-electron chi connectivity index (χ2n) is 6.50. The second kappa shape index (κ2) is 7.91. The third-order valence-corrected chi connectivity index (χ3v) is 6.31. The summed E-state index contributed by atoms with van der Waals surface area (Å²) in [7, 11) is -1.90. The molecule has 0 spiro atoms. The molecular formula is C20H21N3O3S. The summed E-state index contributed by atoms with van der Waals surface area (Å²) in [6, 6.07) is 15.9. The number of carbonyl (C=O) groups excluding carboxylic acids is 1. The summed E-state index contributed by atoms with van der Waals surface area (Å²) < 4.78 is 26.7. The third-order valence-electron chi connectivity index (χ3n) is 4.83. The third kappa shape index (κ3) is 4.02. The molecule has 0 aromatic heterocycles. The molecule has 1 atom stereocenters. The van der Waals surface area contributed by atoms with E-state index >= 15 is 0 Å². The van der Waals surface area contributed by atoms with E-state index in [1.807, 2.05) is 18.2 Å². The first-order valence-electron chi connectivity index (χ1n) is 8.75. The zero-order chi connectivity index (χ0) is 19.4. The molecule has 140 valence electrons. The topological polar surface area (TPSA) is 90.3 Å². The van der Waals surface area contributed by atoms with Crippen LogP contribution in [0.2, 0.25) is 0 Å². The van der Waals surface area contributed by atoms with Gasteiger partial charge in [-0.3, -0.25) is 4.79 Å². The lowest BCUT2D eigenvalue weighted by Crippen LogP contribution is -2.30. The molecule has 2 aromatic rings. The van der Waals surface area contributed by atoms with Crippen molar-refractivity contribution in [3.05, 3.63) is 65.2 Å². The average Bonchev–Trinajstić information content (AvgIpc) is 3.11. The maximum atomic E-state index is 12.8. The van der Waals surface area contributed by atoms with Crippen molar-refractivity contribution >= 4 is 15.9 Å². The average molecular weight is 383 g/mol. The standard InChI is InChI=1S/C20H21N3O3S/c1-23(19-12-9-15-5-2-3-6-18(15)19)20(24)16-7-10-17(11-8-16)27(25,26)22-14-4-13-21/h2-3,5-8,10-11,19,22H,4,9,12,14H2,1H3. The summed E-state index contributed by atoms with van der Waals surface area (Å²) in [5, 5.41) is 8.51. The smallest absolute Gasteiger partial charge is 0.254 e. The lowest BCUT2D eigenvalue weighted by atomic mass is 10.1. The number of nitrogens with zero attached hydrogens (tertiary/aromatic N) is 2. The fourth-order valence-corrected chi connectivity index (χ4v) is 4.42. The monoisotopic (exact) mass is 383 g/mol. The number of amides is 1. The second-order valence-corrected chi connectivity index (χ2v) is 8.27. The van der Waals surface area contributed by atoms with Crippen LogP contribution in [0.4, 0.5) is 0 Å². The van der Waals surface area contributed by atoms with Crippen molar-refractivity contribution < 1.29 is 13.2 Å². The van der Waals surface area contributed by atoms with Crippen LogP contribution in [0.25, 0.3) is 0 Å². The van der Waals surface area contributed by atoms with E-state index in [0.29, 0.717) is 5.56 Å². The molecule has 0 saturated carbocycles. The van der Waals surface area contributed by atoms with Crippen molar-refractivity contribution in [2.45, 2.75) is 30.2 Å². The van der Waals surface area contributed by atoms with Gasteiger partial charge in [0.2, 0.25) is 10.0 Å². The number of benzene rings is 2. The van der Waals surface area contributed by atoms with Gasteiger partial charge in [0, 0.05) is 25.6 Å². The molecule has 1 N–H and O–H groups in total. The first-order chi connectivity index (χ1) is 12.9. The molecule has 1 aliphatic carbocycles. The van der Waals surface area contributed by atoms with E-state index in [1.165, 1.54) is 35.4 Å². The molecule has 6 nitrogen and oxygen atoms in total. The maximum absolute atomic E-state index is 12.8. The normalized spacial score (nSPS) is 15.8. The van der Waals surface area contributed by atoms with Gasteiger partial charge in [-0.15, -0.1) is 0 Å². The molecule has 0 saturated heterocycles. The van der Waals surface area contributed by atoms with Crippen LogP contribution in [0.15, 0.2) is 53.4 Å². The molecule has 0 aliphatic heterocycles. The van der Waals surface area contributed by atoms with Gasteiger partial charge < -0.3 is 4.90 Å². The van der Waals surface area contributed by atoms with Crippen LogP contribution in [0.1, 0.15) is 40.4 Å². The van der Waals surface area contributed by atoms with Crippen molar-refractivity contribution in [2.24, 2.45) is 0 Å². The number of hydrogen-bond donors (Lipinski definition) is 1. The van der Waals surface area contributed by atoms with Crippen molar-refractivity contribution in [3.63, 3.8) is 0 Å². The van der Waals surface area contributed by atoms with Crippen molar-refractivity contribution in [1.82, 2.24) is 9.62 Å². The van der Waals surface area contributed by atoms with Crippen LogP contribution < -0.4 is 4.72 Å². The van der Waals surface area contributed by atoms with E-state index < -0.39 is 10.0 Å². The molecule has 0 heterocycles. The Kier molecular flexibility index (Phi) is 5.59. The number of rotatable bonds is 6. The molecule has 2 aromatic carbocycles. The maximum Gasteiger partial charge on any atom is 0.254 e. The van der Waals surface area contributed by atoms with Crippen molar-refractivity contribution in [3.8, 4) is 6.07 Å².